The van der Waals surface area contributed by atoms with Gasteiger partial charge in [0.05, 0.1) is 12.8 Å². The number of rotatable bonds is 6. The van der Waals surface area contributed by atoms with Gasteiger partial charge in [0, 0.05) is 22.9 Å². The maximum absolute atomic E-state index is 14.2. The number of carbonyl (C=O) groups is 2. The average molecular weight is 458 g/mol. The van der Waals surface area contributed by atoms with Crippen LogP contribution in [0.1, 0.15) is 36.6 Å². The molecule has 0 spiro atoms. The number of aryl methyl sites for hydroxylation is 1. The van der Waals surface area contributed by atoms with Gasteiger partial charge in [0.25, 0.3) is 0 Å². The van der Waals surface area contributed by atoms with Crippen molar-refractivity contribution < 1.29 is 32.6 Å². The molecule has 0 bridgehead atoms. The maximum atomic E-state index is 14.2. The molecule has 9 heteroatoms. The maximum Gasteiger partial charge on any atom is 0.425 e. The lowest BCUT2D eigenvalue weighted by molar-refractivity contribution is -0.246. The van der Waals surface area contributed by atoms with E-state index in [0.29, 0.717) is 29.4 Å². The van der Waals surface area contributed by atoms with Crippen LogP contribution >= 0.6 is 0 Å². The minimum atomic E-state index is -4.95. The second-order valence-electron chi connectivity index (χ2n) is 7.72. The third kappa shape index (κ3) is 3.43. The van der Waals surface area contributed by atoms with Crippen LogP contribution in [0.15, 0.2) is 48.8 Å². The van der Waals surface area contributed by atoms with Crippen LogP contribution in [0, 0.1) is 0 Å². The zero-order valence-corrected chi connectivity index (χ0v) is 17.9. The molecule has 0 radical (unpaired) electrons. The second kappa shape index (κ2) is 8.15. The summed E-state index contributed by atoms with van der Waals surface area (Å²) in [6.07, 6.45) is -1.34. The third-order valence-electron chi connectivity index (χ3n) is 5.85. The van der Waals surface area contributed by atoms with Crippen molar-refractivity contribution in [3.63, 3.8) is 0 Å². The molecule has 6 nitrogen and oxygen atoms in total. The first-order valence-electron chi connectivity index (χ1n) is 10.4. The molecule has 2 aromatic carbocycles. The van der Waals surface area contributed by atoms with E-state index >= 15 is 0 Å². The molecule has 3 aromatic rings. The summed E-state index contributed by atoms with van der Waals surface area (Å²) in [5, 5.41) is 15.1. The number of aliphatic hydroxyl groups is 1. The van der Waals surface area contributed by atoms with Crippen LogP contribution in [-0.4, -0.2) is 39.9 Å². The first-order valence-corrected chi connectivity index (χ1v) is 10.4. The topological polar surface area (TPSA) is 81.4 Å². The number of carbonyl (C=O) groups excluding carboxylic acids is 2. The molecule has 0 saturated heterocycles. The number of aromatic nitrogens is 2. The number of hydrogen-bond acceptors (Lipinski definition) is 5. The number of halogens is 3. The molecule has 4 rings (SSSR count). The SMILES string of the molecule is CCOC(=O)C(C=O)n1cc(-c2cc(CC)cc3c2-c2ccccc2C3(O)C(F)(F)F)cn1. The Morgan fingerprint density at radius 1 is 1.21 bits per heavy atom. The quantitative estimate of drug-likeness (QED) is 0.340. The van der Waals surface area contributed by atoms with Crippen molar-refractivity contribution >= 4 is 12.3 Å². The molecule has 1 aromatic heterocycles. The highest BCUT2D eigenvalue weighted by Gasteiger charge is 2.61. The van der Waals surface area contributed by atoms with Gasteiger partial charge in [-0.1, -0.05) is 43.3 Å². The summed E-state index contributed by atoms with van der Waals surface area (Å²) < 4.78 is 48.7. The molecule has 1 aliphatic rings. The van der Waals surface area contributed by atoms with Gasteiger partial charge in [0.15, 0.2) is 6.29 Å². The Kier molecular flexibility index (Phi) is 5.61. The Bertz CT molecular complexity index is 1230. The molecule has 0 fully saturated rings. The van der Waals surface area contributed by atoms with Crippen LogP contribution in [0.25, 0.3) is 22.3 Å². The molecule has 2 atom stereocenters. The van der Waals surface area contributed by atoms with Crippen LogP contribution < -0.4 is 0 Å². The summed E-state index contributed by atoms with van der Waals surface area (Å²) in [6.45, 7) is 3.48. The number of fused-ring (bicyclic) bond motifs is 3. The van der Waals surface area contributed by atoms with Crippen LogP contribution in [0.4, 0.5) is 13.2 Å². The average Bonchev–Trinajstić information content (AvgIpc) is 3.36. The largest absolute Gasteiger partial charge is 0.464 e. The molecule has 0 aliphatic heterocycles. The molecule has 33 heavy (non-hydrogen) atoms. The molecule has 1 heterocycles. The molecule has 172 valence electrons. The summed E-state index contributed by atoms with van der Waals surface area (Å²) in [5.41, 5.74) is -1.76. The fraction of sp³-hybridized carbons (Fsp3) is 0.292. The van der Waals surface area contributed by atoms with Crippen LogP contribution in [0.5, 0.6) is 0 Å². The standard InChI is InChI=1S/C24H21F3N2O4/c1-3-14-9-17(15-11-28-29(12-15)20(13-30)22(31)33-4-2)21-16-7-5-6-8-18(16)23(32,19(21)10-14)24(25,26)27/h5-13,20,32H,3-4H2,1-2H3. The fourth-order valence-electron chi connectivity index (χ4n) is 4.26. The van der Waals surface area contributed by atoms with Crippen LogP contribution in [-0.2, 0) is 26.3 Å². The second-order valence-corrected chi connectivity index (χ2v) is 7.72. The molecule has 2 unspecified atom stereocenters. The lowest BCUT2D eigenvalue weighted by atomic mass is 9.87. The Balaban J connectivity index is 1.95. The van der Waals surface area contributed by atoms with E-state index in [1.165, 1.54) is 36.7 Å². The molecular weight excluding hydrogens is 437 g/mol. The van der Waals surface area contributed by atoms with Gasteiger partial charge in [-0.3, -0.25) is 4.68 Å². The van der Waals surface area contributed by atoms with Gasteiger partial charge in [0.2, 0.25) is 11.6 Å². The van der Waals surface area contributed by atoms with Crippen molar-refractivity contribution in [1.29, 1.82) is 0 Å². The molecular formula is C24H21F3N2O4. The minimum absolute atomic E-state index is 0.0795. The summed E-state index contributed by atoms with van der Waals surface area (Å²) in [5.74, 6) is -0.786. The number of hydrogen-bond donors (Lipinski definition) is 1. The molecule has 0 amide bonds. The predicted molar refractivity (Wildman–Crippen MR) is 113 cm³/mol. The lowest BCUT2D eigenvalue weighted by Crippen LogP contribution is -2.41. The summed E-state index contributed by atoms with van der Waals surface area (Å²) in [4.78, 5) is 23.6. The van der Waals surface area contributed by atoms with Crippen molar-refractivity contribution in [3.05, 3.63) is 65.5 Å². The number of aldehydes is 1. The number of nitrogens with zero attached hydrogens (tertiary/aromatic N) is 2. The first-order chi connectivity index (χ1) is 15.7. The number of ether oxygens (including phenoxy) is 1. The Labute approximate surface area is 187 Å². The molecule has 0 saturated carbocycles. The van der Waals surface area contributed by atoms with Gasteiger partial charge in [-0.05, 0) is 35.6 Å². The highest BCUT2D eigenvalue weighted by Crippen LogP contribution is 2.57. The van der Waals surface area contributed by atoms with Crippen molar-refractivity contribution in [2.75, 3.05) is 6.61 Å². The van der Waals surface area contributed by atoms with E-state index < -0.39 is 23.8 Å². The molecule has 1 aliphatic carbocycles. The number of alkyl halides is 3. The van der Waals surface area contributed by atoms with Gasteiger partial charge in [-0.2, -0.15) is 18.3 Å². The Morgan fingerprint density at radius 3 is 2.58 bits per heavy atom. The van der Waals surface area contributed by atoms with E-state index in [4.69, 9.17) is 4.74 Å². The first kappa shape index (κ1) is 22.7. The van der Waals surface area contributed by atoms with Crippen molar-refractivity contribution in [2.45, 2.75) is 38.1 Å². The van der Waals surface area contributed by atoms with E-state index in [-0.39, 0.29) is 28.9 Å². The van der Waals surface area contributed by atoms with Gasteiger partial charge in [0.1, 0.15) is 0 Å². The normalized spacial score (nSPS) is 17.9. The monoisotopic (exact) mass is 458 g/mol. The van der Waals surface area contributed by atoms with E-state index in [0.717, 1.165) is 4.68 Å². The molecule has 1 N–H and O–H groups in total. The van der Waals surface area contributed by atoms with Gasteiger partial charge >= 0.3 is 12.1 Å². The highest BCUT2D eigenvalue weighted by atomic mass is 19.4. The third-order valence-corrected chi connectivity index (χ3v) is 5.85. The summed E-state index contributed by atoms with van der Waals surface area (Å²) in [7, 11) is 0. The predicted octanol–water partition coefficient (Wildman–Crippen LogP) is 4.19. The van der Waals surface area contributed by atoms with Gasteiger partial charge < -0.3 is 14.6 Å². The van der Waals surface area contributed by atoms with Gasteiger partial charge in [-0.15, -0.1) is 0 Å². The minimum Gasteiger partial charge on any atom is -0.464 e. The Morgan fingerprint density at radius 2 is 1.94 bits per heavy atom. The number of esters is 1. The fourth-order valence-corrected chi connectivity index (χ4v) is 4.26. The van der Waals surface area contributed by atoms with E-state index in [1.807, 2.05) is 0 Å². The van der Waals surface area contributed by atoms with E-state index in [2.05, 4.69) is 5.10 Å². The Hall–Kier alpha value is -3.46. The van der Waals surface area contributed by atoms with E-state index in [9.17, 15) is 27.9 Å². The lowest BCUT2D eigenvalue weighted by Gasteiger charge is -2.28. The zero-order valence-electron chi connectivity index (χ0n) is 17.9. The van der Waals surface area contributed by atoms with Crippen LogP contribution in [0.3, 0.4) is 0 Å². The highest BCUT2D eigenvalue weighted by molar-refractivity contribution is 5.93. The summed E-state index contributed by atoms with van der Waals surface area (Å²) in [6, 6.07) is 7.65. The zero-order chi connectivity index (χ0) is 24.0. The van der Waals surface area contributed by atoms with E-state index in [1.54, 1.807) is 26.0 Å². The van der Waals surface area contributed by atoms with Crippen molar-refractivity contribution in [3.8, 4) is 22.3 Å². The van der Waals surface area contributed by atoms with Gasteiger partial charge in [-0.25, -0.2) is 4.79 Å². The number of benzene rings is 2. The summed E-state index contributed by atoms with van der Waals surface area (Å²) >= 11 is 0. The smallest absolute Gasteiger partial charge is 0.425 e. The van der Waals surface area contributed by atoms with Crippen molar-refractivity contribution in [1.82, 2.24) is 9.78 Å². The van der Waals surface area contributed by atoms with Crippen molar-refractivity contribution in [2.24, 2.45) is 0 Å². The van der Waals surface area contributed by atoms with Crippen LogP contribution in [0.2, 0.25) is 0 Å².